The van der Waals surface area contributed by atoms with Crippen LogP contribution in [0, 0.1) is 0 Å². The predicted molar refractivity (Wildman–Crippen MR) is 58.3 cm³/mol. The van der Waals surface area contributed by atoms with Crippen molar-refractivity contribution in [1.29, 1.82) is 0 Å². The van der Waals surface area contributed by atoms with Gasteiger partial charge in [-0.2, -0.15) is 5.10 Å². The lowest BCUT2D eigenvalue weighted by molar-refractivity contribution is 0.483. The van der Waals surface area contributed by atoms with Crippen molar-refractivity contribution in [3.8, 4) is 0 Å². The molecule has 1 atom stereocenters. The summed E-state index contributed by atoms with van der Waals surface area (Å²) >= 11 is 0. The molecule has 0 aliphatic carbocycles. The number of nitrogen functional groups attached to an aromatic ring is 1. The third kappa shape index (κ3) is 1.99. The molecule has 1 aromatic heterocycles. The van der Waals surface area contributed by atoms with E-state index in [0.717, 1.165) is 12.1 Å². The van der Waals surface area contributed by atoms with E-state index in [1.165, 1.54) is 0 Å². The van der Waals surface area contributed by atoms with Gasteiger partial charge in [0.1, 0.15) is 5.82 Å². The number of aromatic nitrogens is 2. The van der Waals surface area contributed by atoms with Crippen LogP contribution in [0.15, 0.2) is 6.07 Å². The lowest BCUT2D eigenvalue weighted by Gasteiger charge is -2.11. The minimum atomic E-state index is -2.86. The highest BCUT2D eigenvalue weighted by molar-refractivity contribution is 7.91. The molecule has 1 aromatic rings. The molecule has 0 spiro atoms. The normalized spacial score (nSPS) is 24.5. The molecule has 2 rings (SSSR count). The zero-order valence-electron chi connectivity index (χ0n) is 8.68. The second-order valence-corrected chi connectivity index (χ2v) is 6.14. The first kappa shape index (κ1) is 10.5. The lowest BCUT2D eigenvalue weighted by Crippen LogP contribution is -2.15. The van der Waals surface area contributed by atoms with Gasteiger partial charge in [-0.05, 0) is 12.8 Å². The summed E-state index contributed by atoms with van der Waals surface area (Å²) in [6, 6.07) is 1.78. The van der Waals surface area contributed by atoms with Gasteiger partial charge in [-0.3, -0.25) is 4.68 Å². The first-order valence-electron chi connectivity index (χ1n) is 5.06. The quantitative estimate of drug-likeness (QED) is 0.795. The molecule has 1 fully saturated rings. The fourth-order valence-electron chi connectivity index (χ4n) is 2.00. The van der Waals surface area contributed by atoms with Crippen LogP contribution in [-0.4, -0.2) is 29.7 Å². The molecule has 1 aliphatic rings. The molecule has 1 aliphatic heterocycles. The maximum Gasteiger partial charge on any atom is 0.152 e. The molecule has 0 amide bonds. The number of anilines is 1. The number of aryl methyl sites for hydroxylation is 1. The Kier molecular flexibility index (Phi) is 2.46. The van der Waals surface area contributed by atoms with Crippen LogP contribution >= 0.6 is 0 Å². The van der Waals surface area contributed by atoms with Gasteiger partial charge in [-0.15, -0.1) is 0 Å². The molecule has 6 heteroatoms. The summed E-state index contributed by atoms with van der Waals surface area (Å²) in [6.45, 7) is 2.01. The fraction of sp³-hybridized carbons (Fsp3) is 0.667. The number of nitrogens with two attached hydrogens (primary N) is 1. The number of hydrogen-bond acceptors (Lipinski definition) is 4. The molecule has 5 nitrogen and oxygen atoms in total. The zero-order valence-corrected chi connectivity index (χ0v) is 9.50. The van der Waals surface area contributed by atoms with Crippen LogP contribution in [0.1, 0.15) is 25.1 Å². The zero-order chi connectivity index (χ0) is 11.1. The third-order valence-electron chi connectivity index (χ3n) is 2.75. The Bertz CT molecular complexity index is 464. The molecular formula is C9H15N3O2S. The van der Waals surface area contributed by atoms with E-state index < -0.39 is 9.84 Å². The van der Waals surface area contributed by atoms with Crippen molar-refractivity contribution < 1.29 is 8.42 Å². The van der Waals surface area contributed by atoms with Crippen molar-refractivity contribution in [3.63, 3.8) is 0 Å². The van der Waals surface area contributed by atoms with Gasteiger partial charge >= 0.3 is 0 Å². The van der Waals surface area contributed by atoms with E-state index in [9.17, 15) is 8.42 Å². The second-order valence-electron chi connectivity index (χ2n) is 3.92. The molecule has 2 N–H and O–H groups in total. The Balaban J connectivity index is 2.30. The molecular weight excluding hydrogens is 214 g/mol. The fourth-order valence-corrected chi connectivity index (χ4v) is 3.69. The lowest BCUT2D eigenvalue weighted by atomic mass is 10.2. The highest BCUT2D eigenvalue weighted by Crippen LogP contribution is 2.25. The average Bonchev–Trinajstić information content (AvgIpc) is 2.68. The Morgan fingerprint density at radius 2 is 2.40 bits per heavy atom. The molecule has 2 heterocycles. The van der Waals surface area contributed by atoms with Crippen LogP contribution < -0.4 is 5.73 Å². The highest BCUT2D eigenvalue weighted by atomic mass is 32.2. The molecule has 0 bridgehead atoms. The Labute approximate surface area is 89.2 Å². The minimum absolute atomic E-state index is 0.0257. The molecule has 0 aromatic carbocycles. The van der Waals surface area contributed by atoms with Crippen LogP contribution in [-0.2, 0) is 16.3 Å². The van der Waals surface area contributed by atoms with Gasteiger partial charge in [-0.25, -0.2) is 8.42 Å². The Morgan fingerprint density at radius 1 is 1.67 bits per heavy atom. The van der Waals surface area contributed by atoms with Gasteiger partial charge < -0.3 is 5.73 Å². The monoisotopic (exact) mass is 229 g/mol. The van der Waals surface area contributed by atoms with E-state index in [4.69, 9.17) is 5.73 Å². The third-order valence-corrected chi connectivity index (χ3v) is 4.50. The number of hydrogen-bond donors (Lipinski definition) is 1. The van der Waals surface area contributed by atoms with Crippen LogP contribution in [0.5, 0.6) is 0 Å². The van der Waals surface area contributed by atoms with Gasteiger partial charge in [0.05, 0.1) is 17.5 Å². The molecule has 0 radical (unpaired) electrons. The van der Waals surface area contributed by atoms with Crippen molar-refractivity contribution in [2.24, 2.45) is 0 Å². The summed E-state index contributed by atoms with van der Waals surface area (Å²) in [5.74, 6) is 0.929. The average molecular weight is 229 g/mol. The molecule has 0 saturated carbocycles. The van der Waals surface area contributed by atoms with Gasteiger partial charge in [0, 0.05) is 11.8 Å². The van der Waals surface area contributed by atoms with E-state index in [1.807, 2.05) is 13.0 Å². The first-order chi connectivity index (χ1) is 7.02. The molecule has 15 heavy (non-hydrogen) atoms. The van der Waals surface area contributed by atoms with Gasteiger partial charge in [-0.1, -0.05) is 6.92 Å². The summed E-state index contributed by atoms with van der Waals surface area (Å²) in [6.07, 6.45) is 1.47. The van der Waals surface area contributed by atoms with E-state index >= 15 is 0 Å². The van der Waals surface area contributed by atoms with Crippen LogP contribution in [0.25, 0.3) is 0 Å². The van der Waals surface area contributed by atoms with Crippen molar-refractivity contribution in [1.82, 2.24) is 9.78 Å². The Morgan fingerprint density at radius 3 is 2.93 bits per heavy atom. The van der Waals surface area contributed by atoms with Gasteiger partial charge in [0.25, 0.3) is 0 Å². The standard InChI is InChI=1S/C9H15N3O2S/c1-2-7-5-9(10)11-12(7)8-3-4-15(13,14)6-8/h5,8H,2-4,6H2,1H3,(H2,10,11). The van der Waals surface area contributed by atoms with Crippen LogP contribution in [0.2, 0.25) is 0 Å². The van der Waals surface area contributed by atoms with E-state index in [-0.39, 0.29) is 17.5 Å². The summed E-state index contributed by atoms with van der Waals surface area (Å²) in [5.41, 5.74) is 6.62. The molecule has 84 valence electrons. The van der Waals surface area contributed by atoms with E-state index in [0.29, 0.717) is 12.2 Å². The van der Waals surface area contributed by atoms with Gasteiger partial charge in [0.2, 0.25) is 0 Å². The van der Waals surface area contributed by atoms with Crippen molar-refractivity contribution in [2.75, 3.05) is 17.2 Å². The summed E-state index contributed by atoms with van der Waals surface area (Å²) in [5, 5.41) is 4.16. The maximum absolute atomic E-state index is 11.3. The highest BCUT2D eigenvalue weighted by Gasteiger charge is 2.30. The van der Waals surface area contributed by atoms with Crippen molar-refractivity contribution in [2.45, 2.75) is 25.8 Å². The van der Waals surface area contributed by atoms with Crippen molar-refractivity contribution in [3.05, 3.63) is 11.8 Å². The van der Waals surface area contributed by atoms with Crippen LogP contribution in [0.3, 0.4) is 0 Å². The second kappa shape index (κ2) is 3.52. The maximum atomic E-state index is 11.3. The molecule has 1 saturated heterocycles. The van der Waals surface area contributed by atoms with E-state index in [1.54, 1.807) is 4.68 Å². The number of sulfone groups is 1. The summed E-state index contributed by atoms with van der Waals surface area (Å²) in [7, 11) is -2.86. The summed E-state index contributed by atoms with van der Waals surface area (Å²) < 4.78 is 24.5. The summed E-state index contributed by atoms with van der Waals surface area (Å²) in [4.78, 5) is 0. The Hall–Kier alpha value is -1.04. The smallest absolute Gasteiger partial charge is 0.152 e. The SMILES string of the molecule is CCc1cc(N)nn1C1CCS(=O)(=O)C1. The number of rotatable bonds is 2. The number of nitrogens with zero attached hydrogens (tertiary/aromatic N) is 2. The molecule has 1 unspecified atom stereocenters. The minimum Gasteiger partial charge on any atom is -0.382 e. The van der Waals surface area contributed by atoms with E-state index in [2.05, 4.69) is 5.10 Å². The largest absolute Gasteiger partial charge is 0.382 e. The predicted octanol–water partition coefficient (Wildman–Crippen LogP) is 0.387. The topological polar surface area (TPSA) is 78.0 Å². The van der Waals surface area contributed by atoms with Crippen LogP contribution in [0.4, 0.5) is 5.82 Å². The van der Waals surface area contributed by atoms with Crippen molar-refractivity contribution >= 4 is 15.7 Å². The van der Waals surface area contributed by atoms with Gasteiger partial charge in [0.15, 0.2) is 9.84 Å². The first-order valence-corrected chi connectivity index (χ1v) is 6.88.